The van der Waals surface area contributed by atoms with Crippen LogP contribution in [0.3, 0.4) is 0 Å². The van der Waals surface area contributed by atoms with E-state index in [4.69, 9.17) is 5.11 Å². The third-order valence-corrected chi connectivity index (χ3v) is 4.41. The second-order valence-corrected chi connectivity index (χ2v) is 6.89. The number of rotatable bonds is 15. The second-order valence-electron chi connectivity index (χ2n) is 6.89. The Labute approximate surface area is 138 Å². The minimum Gasteiger partial charge on any atom is -0.481 e. The van der Waals surface area contributed by atoms with E-state index in [0.717, 1.165) is 18.8 Å². The maximum atomic E-state index is 10.4. The average Bonchev–Trinajstić information content (AvgIpc) is 2.46. The van der Waals surface area contributed by atoms with E-state index < -0.39 is 5.97 Å². The number of hydrogen-bond donors (Lipinski definition) is 1. The van der Waals surface area contributed by atoms with E-state index in [-0.39, 0.29) is 0 Å². The van der Waals surface area contributed by atoms with Crippen molar-refractivity contribution >= 4 is 5.97 Å². The highest BCUT2D eigenvalue weighted by atomic mass is 16.4. The molecule has 0 aromatic carbocycles. The van der Waals surface area contributed by atoms with Gasteiger partial charge < -0.3 is 5.11 Å². The first-order valence-corrected chi connectivity index (χ1v) is 9.43. The van der Waals surface area contributed by atoms with Crippen molar-refractivity contribution in [2.24, 2.45) is 5.92 Å². The molecule has 0 fully saturated rings. The number of carboxylic acid groups (broad SMARTS) is 1. The first-order valence-electron chi connectivity index (χ1n) is 9.43. The highest BCUT2D eigenvalue weighted by Crippen LogP contribution is 2.17. The third-order valence-electron chi connectivity index (χ3n) is 4.41. The highest BCUT2D eigenvalue weighted by Gasteiger charge is 2.01. The van der Waals surface area contributed by atoms with Gasteiger partial charge in [-0.1, -0.05) is 70.4 Å². The molecule has 0 saturated carbocycles. The van der Waals surface area contributed by atoms with Crippen LogP contribution in [0.15, 0.2) is 11.6 Å². The Morgan fingerprint density at radius 3 is 2.23 bits per heavy atom. The molecule has 0 radical (unpaired) electrons. The molecule has 0 aliphatic carbocycles. The van der Waals surface area contributed by atoms with Gasteiger partial charge in [0, 0.05) is 6.42 Å². The lowest BCUT2D eigenvalue weighted by Gasteiger charge is -2.09. The summed E-state index contributed by atoms with van der Waals surface area (Å²) >= 11 is 0. The Morgan fingerprint density at radius 2 is 1.59 bits per heavy atom. The van der Waals surface area contributed by atoms with Crippen LogP contribution in [0.25, 0.3) is 0 Å². The van der Waals surface area contributed by atoms with E-state index in [1.165, 1.54) is 69.8 Å². The second kappa shape index (κ2) is 15.1. The lowest BCUT2D eigenvalue weighted by Crippen LogP contribution is -1.94. The molecule has 0 aromatic heterocycles. The van der Waals surface area contributed by atoms with Crippen molar-refractivity contribution in [3.63, 3.8) is 0 Å². The van der Waals surface area contributed by atoms with E-state index in [1.807, 2.05) is 0 Å². The maximum Gasteiger partial charge on any atom is 0.303 e. The van der Waals surface area contributed by atoms with Gasteiger partial charge in [-0.25, -0.2) is 0 Å². The molecule has 0 bridgehead atoms. The summed E-state index contributed by atoms with van der Waals surface area (Å²) < 4.78 is 0. The molecule has 0 heterocycles. The van der Waals surface area contributed by atoms with Crippen LogP contribution in [-0.4, -0.2) is 11.1 Å². The van der Waals surface area contributed by atoms with Crippen molar-refractivity contribution in [1.82, 2.24) is 0 Å². The van der Waals surface area contributed by atoms with Gasteiger partial charge in [0.25, 0.3) is 0 Å². The largest absolute Gasteiger partial charge is 0.481 e. The zero-order chi connectivity index (χ0) is 16.6. The minimum atomic E-state index is -0.664. The van der Waals surface area contributed by atoms with Crippen LogP contribution in [0.2, 0.25) is 0 Å². The summed E-state index contributed by atoms with van der Waals surface area (Å²) in [5.74, 6) is 0.201. The fourth-order valence-electron chi connectivity index (χ4n) is 2.81. The predicted molar refractivity (Wildman–Crippen MR) is 96.3 cm³/mol. The van der Waals surface area contributed by atoms with Crippen molar-refractivity contribution in [2.75, 3.05) is 0 Å². The quantitative estimate of drug-likeness (QED) is 0.268. The summed E-state index contributed by atoms with van der Waals surface area (Å²) in [5.41, 5.74) is 1.53. The Balaban J connectivity index is 3.46. The van der Waals surface area contributed by atoms with Crippen LogP contribution in [0.4, 0.5) is 0 Å². The van der Waals surface area contributed by atoms with E-state index >= 15 is 0 Å². The average molecular weight is 311 g/mol. The summed E-state index contributed by atoms with van der Waals surface area (Å²) in [4.78, 5) is 10.4. The lowest BCUT2D eigenvalue weighted by molar-refractivity contribution is -0.137. The topological polar surface area (TPSA) is 37.3 Å². The molecule has 2 nitrogen and oxygen atoms in total. The molecule has 0 rings (SSSR count). The van der Waals surface area contributed by atoms with Gasteiger partial charge in [0.05, 0.1) is 0 Å². The molecule has 0 amide bonds. The number of hydrogen-bond acceptors (Lipinski definition) is 1. The fourth-order valence-corrected chi connectivity index (χ4v) is 2.81. The van der Waals surface area contributed by atoms with Gasteiger partial charge in [-0.2, -0.15) is 0 Å². The van der Waals surface area contributed by atoms with Crippen LogP contribution in [-0.2, 0) is 4.79 Å². The van der Waals surface area contributed by atoms with Gasteiger partial charge in [0.2, 0.25) is 0 Å². The van der Waals surface area contributed by atoms with Gasteiger partial charge in [-0.15, -0.1) is 0 Å². The van der Waals surface area contributed by atoms with Gasteiger partial charge in [-0.05, 0) is 44.9 Å². The molecule has 0 spiro atoms. The van der Waals surface area contributed by atoms with Gasteiger partial charge in [0.15, 0.2) is 0 Å². The van der Waals surface area contributed by atoms with Crippen molar-refractivity contribution in [3.05, 3.63) is 11.6 Å². The first-order chi connectivity index (χ1) is 10.6. The monoisotopic (exact) mass is 310 g/mol. The van der Waals surface area contributed by atoms with Crippen LogP contribution in [0.5, 0.6) is 0 Å². The zero-order valence-corrected chi connectivity index (χ0v) is 15.2. The number of unbranched alkanes of at least 4 members (excludes halogenated alkanes) is 6. The van der Waals surface area contributed by atoms with Crippen LogP contribution >= 0.6 is 0 Å². The summed E-state index contributed by atoms with van der Waals surface area (Å²) in [7, 11) is 0. The van der Waals surface area contributed by atoms with Gasteiger partial charge in [0.1, 0.15) is 0 Å². The van der Waals surface area contributed by atoms with Crippen molar-refractivity contribution in [1.29, 1.82) is 0 Å². The third kappa shape index (κ3) is 15.6. The molecular formula is C20H38O2. The van der Waals surface area contributed by atoms with E-state index in [9.17, 15) is 4.79 Å². The highest BCUT2D eigenvalue weighted by molar-refractivity contribution is 5.66. The zero-order valence-electron chi connectivity index (χ0n) is 15.2. The van der Waals surface area contributed by atoms with Gasteiger partial charge >= 0.3 is 5.97 Å². The molecule has 130 valence electrons. The van der Waals surface area contributed by atoms with E-state index in [0.29, 0.717) is 6.42 Å². The van der Waals surface area contributed by atoms with Crippen molar-refractivity contribution in [3.8, 4) is 0 Å². The Hall–Kier alpha value is -0.790. The molecule has 0 aliphatic heterocycles. The minimum absolute atomic E-state index is 0.329. The molecule has 0 aromatic rings. The number of allylic oxidation sites excluding steroid dienone is 2. The fraction of sp³-hybridized carbons (Fsp3) is 0.850. The molecule has 22 heavy (non-hydrogen) atoms. The number of aliphatic carboxylic acids is 1. The SMILES string of the molecule is CCCCCC(C)CC/C=C(/C)CCCCCCCC(=O)O. The van der Waals surface area contributed by atoms with Crippen LogP contribution in [0, 0.1) is 5.92 Å². The van der Waals surface area contributed by atoms with Crippen LogP contribution in [0.1, 0.15) is 104 Å². The molecule has 1 N–H and O–H groups in total. The van der Waals surface area contributed by atoms with Crippen LogP contribution < -0.4 is 0 Å². The van der Waals surface area contributed by atoms with E-state index in [2.05, 4.69) is 26.8 Å². The van der Waals surface area contributed by atoms with Gasteiger partial charge in [-0.3, -0.25) is 4.79 Å². The molecule has 2 heteroatoms. The standard InChI is InChI=1S/C20H38O2/c1-4-5-9-13-18(2)15-12-16-19(3)14-10-7-6-8-11-17-20(21)22/h16,18H,4-15,17H2,1-3H3,(H,21,22)/b19-16-. The Bertz CT molecular complexity index is 294. The Morgan fingerprint density at radius 1 is 0.955 bits per heavy atom. The predicted octanol–water partition coefficient (Wildman–Crippen LogP) is 6.74. The first kappa shape index (κ1) is 21.2. The molecule has 1 unspecified atom stereocenters. The smallest absolute Gasteiger partial charge is 0.303 e. The molecule has 0 saturated heterocycles. The summed E-state index contributed by atoms with van der Waals surface area (Å²) in [6.07, 6.45) is 17.6. The molecule has 0 aliphatic rings. The Kier molecular flexibility index (Phi) is 14.6. The molecular weight excluding hydrogens is 272 g/mol. The van der Waals surface area contributed by atoms with Crippen molar-refractivity contribution < 1.29 is 9.90 Å². The lowest BCUT2D eigenvalue weighted by atomic mass is 9.97. The normalized spacial score (nSPS) is 13.3. The van der Waals surface area contributed by atoms with E-state index in [1.54, 1.807) is 0 Å². The molecule has 1 atom stereocenters. The summed E-state index contributed by atoms with van der Waals surface area (Å²) in [6, 6.07) is 0. The summed E-state index contributed by atoms with van der Waals surface area (Å²) in [6.45, 7) is 6.91. The summed E-state index contributed by atoms with van der Waals surface area (Å²) in [5, 5.41) is 8.56. The van der Waals surface area contributed by atoms with Crippen molar-refractivity contribution in [2.45, 2.75) is 104 Å². The number of carbonyl (C=O) groups is 1. The number of carboxylic acids is 1. The maximum absolute atomic E-state index is 10.4.